The third-order valence-electron chi connectivity index (χ3n) is 3.24. The lowest BCUT2D eigenvalue weighted by Crippen LogP contribution is -2.06. The molecular weight excluding hydrogens is 282 g/mol. The van der Waals surface area contributed by atoms with Gasteiger partial charge in [0.25, 0.3) is 0 Å². The molecule has 0 amide bonds. The van der Waals surface area contributed by atoms with Gasteiger partial charge in [-0.2, -0.15) is 0 Å². The summed E-state index contributed by atoms with van der Waals surface area (Å²) in [4.78, 5) is 12.2. The average molecular weight is 303 g/mol. The highest BCUT2D eigenvalue weighted by molar-refractivity contribution is 7.99. The van der Waals surface area contributed by atoms with E-state index < -0.39 is 0 Å². The topological polar surface area (TPSA) is 47.8 Å². The van der Waals surface area contributed by atoms with Crippen molar-refractivity contribution >= 4 is 17.5 Å². The molecule has 2 rings (SSSR count). The smallest absolute Gasteiger partial charge is 0.191 e. The first-order chi connectivity index (χ1) is 10.1. The van der Waals surface area contributed by atoms with Crippen LogP contribution in [0.3, 0.4) is 0 Å². The van der Waals surface area contributed by atoms with Gasteiger partial charge < -0.3 is 4.57 Å². The summed E-state index contributed by atoms with van der Waals surface area (Å²) in [6.07, 6.45) is 3.88. The van der Waals surface area contributed by atoms with Crippen LogP contribution in [0.4, 0.5) is 0 Å². The summed E-state index contributed by atoms with van der Waals surface area (Å²) < 4.78 is 1.97. The van der Waals surface area contributed by atoms with Crippen molar-refractivity contribution in [2.75, 3.05) is 5.75 Å². The minimum Gasteiger partial charge on any atom is -0.306 e. The normalized spacial score (nSPS) is 11.0. The van der Waals surface area contributed by atoms with Crippen LogP contribution in [-0.2, 0) is 6.42 Å². The van der Waals surface area contributed by atoms with Crippen LogP contribution in [0.1, 0.15) is 49.2 Å². The molecule has 0 aliphatic rings. The molecule has 112 valence electrons. The third kappa shape index (κ3) is 4.17. The maximum Gasteiger partial charge on any atom is 0.191 e. The molecule has 1 aromatic carbocycles. The van der Waals surface area contributed by atoms with Crippen molar-refractivity contribution < 1.29 is 4.79 Å². The van der Waals surface area contributed by atoms with Crippen LogP contribution in [0.5, 0.6) is 0 Å². The molecule has 21 heavy (non-hydrogen) atoms. The van der Waals surface area contributed by atoms with E-state index in [2.05, 4.69) is 31.0 Å². The van der Waals surface area contributed by atoms with Gasteiger partial charge in [-0.1, -0.05) is 49.4 Å². The van der Waals surface area contributed by atoms with E-state index in [0.29, 0.717) is 11.8 Å². The predicted molar refractivity (Wildman–Crippen MR) is 85.9 cm³/mol. The molecule has 0 unspecified atom stereocenters. The monoisotopic (exact) mass is 303 g/mol. The molecule has 2 aromatic rings. The number of rotatable bonds is 7. The molecule has 0 fully saturated rings. The Bertz CT molecular complexity index is 590. The number of thioether (sulfide) groups is 1. The molecule has 0 aliphatic heterocycles. The molecule has 0 atom stereocenters. The Morgan fingerprint density at radius 3 is 2.62 bits per heavy atom. The summed E-state index contributed by atoms with van der Waals surface area (Å²) in [5, 5.41) is 8.76. The summed E-state index contributed by atoms with van der Waals surface area (Å²) >= 11 is 1.44. The molecule has 1 aromatic heterocycles. The maximum absolute atomic E-state index is 12.2. The number of aryl methyl sites for hydroxylation is 1. The van der Waals surface area contributed by atoms with E-state index >= 15 is 0 Å². The second-order valence-electron chi connectivity index (χ2n) is 5.27. The number of Topliss-reactive ketones (excluding diaryl/α,β-unsaturated/α-hetero) is 1. The van der Waals surface area contributed by atoms with E-state index in [9.17, 15) is 4.79 Å². The molecule has 0 bridgehead atoms. The molecule has 0 aliphatic carbocycles. The molecule has 4 nitrogen and oxygen atoms in total. The Morgan fingerprint density at radius 1 is 1.29 bits per heavy atom. The van der Waals surface area contributed by atoms with E-state index in [1.165, 1.54) is 17.3 Å². The molecule has 0 saturated heterocycles. The minimum atomic E-state index is 0.126. The summed E-state index contributed by atoms with van der Waals surface area (Å²) in [7, 11) is 0. The second kappa shape index (κ2) is 7.41. The Labute approximate surface area is 130 Å². The average Bonchev–Trinajstić information content (AvgIpc) is 2.94. The van der Waals surface area contributed by atoms with E-state index in [0.717, 1.165) is 23.6 Å². The van der Waals surface area contributed by atoms with E-state index in [1.54, 1.807) is 6.33 Å². The zero-order chi connectivity index (χ0) is 15.2. The van der Waals surface area contributed by atoms with Gasteiger partial charge in [0.15, 0.2) is 10.9 Å². The van der Waals surface area contributed by atoms with Crippen molar-refractivity contribution in [3.63, 3.8) is 0 Å². The number of benzene rings is 1. The van der Waals surface area contributed by atoms with Gasteiger partial charge in [0.1, 0.15) is 6.33 Å². The number of hydrogen-bond donors (Lipinski definition) is 0. The van der Waals surface area contributed by atoms with Crippen molar-refractivity contribution in [3.8, 4) is 0 Å². The lowest BCUT2D eigenvalue weighted by molar-refractivity contribution is 0.102. The lowest BCUT2D eigenvalue weighted by atomic mass is 10.1. The Morgan fingerprint density at radius 2 is 2.00 bits per heavy atom. The molecule has 0 spiro atoms. The number of nitrogens with zero attached hydrogens (tertiary/aromatic N) is 3. The molecule has 0 N–H and O–H groups in total. The second-order valence-corrected chi connectivity index (χ2v) is 6.22. The van der Waals surface area contributed by atoms with Crippen LogP contribution in [-0.4, -0.2) is 26.3 Å². The number of ketones is 1. The van der Waals surface area contributed by atoms with Crippen molar-refractivity contribution in [1.82, 2.24) is 14.8 Å². The SMILES string of the molecule is CCCc1ccc(C(=O)CSc2nncn2C(C)C)cc1. The van der Waals surface area contributed by atoms with Crippen molar-refractivity contribution in [3.05, 3.63) is 41.7 Å². The number of carbonyl (C=O) groups is 1. The summed E-state index contributed by atoms with van der Waals surface area (Å²) in [5.74, 6) is 0.514. The first-order valence-corrected chi connectivity index (χ1v) is 8.24. The van der Waals surface area contributed by atoms with Crippen LogP contribution in [0.2, 0.25) is 0 Å². The fourth-order valence-corrected chi connectivity index (χ4v) is 2.99. The van der Waals surface area contributed by atoms with Gasteiger partial charge in [-0.15, -0.1) is 10.2 Å². The van der Waals surface area contributed by atoms with Gasteiger partial charge in [-0.05, 0) is 25.8 Å². The Balaban J connectivity index is 1.96. The molecule has 1 heterocycles. The van der Waals surface area contributed by atoms with Gasteiger partial charge in [-0.3, -0.25) is 4.79 Å². The van der Waals surface area contributed by atoms with E-state index in [4.69, 9.17) is 0 Å². The minimum absolute atomic E-state index is 0.126. The highest BCUT2D eigenvalue weighted by Gasteiger charge is 2.12. The Hall–Kier alpha value is -1.62. The van der Waals surface area contributed by atoms with Crippen LogP contribution in [0, 0.1) is 0 Å². The van der Waals surface area contributed by atoms with Gasteiger partial charge >= 0.3 is 0 Å². The van der Waals surface area contributed by atoms with Gasteiger partial charge in [0.05, 0.1) is 5.75 Å². The maximum atomic E-state index is 12.2. The number of aromatic nitrogens is 3. The quantitative estimate of drug-likeness (QED) is 0.577. The molecule has 5 heteroatoms. The fraction of sp³-hybridized carbons (Fsp3) is 0.438. The first kappa shape index (κ1) is 15.8. The highest BCUT2D eigenvalue weighted by atomic mass is 32.2. The Kier molecular flexibility index (Phi) is 5.56. The molecular formula is C16H21N3OS. The van der Waals surface area contributed by atoms with Gasteiger partial charge in [0.2, 0.25) is 0 Å². The van der Waals surface area contributed by atoms with Crippen LogP contribution in [0.25, 0.3) is 0 Å². The van der Waals surface area contributed by atoms with Crippen molar-refractivity contribution in [2.24, 2.45) is 0 Å². The third-order valence-corrected chi connectivity index (χ3v) is 4.20. The zero-order valence-corrected chi connectivity index (χ0v) is 13.6. The largest absolute Gasteiger partial charge is 0.306 e. The van der Waals surface area contributed by atoms with Crippen molar-refractivity contribution in [1.29, 1.82) is 0 Å². The highest BCUT2D eigenvalue weighted by Crippen LogP contribution is 2.20. The van der Waals surface area contributed by atoms with Crippen LogP contribution in [0.15, 0.2) is 35.7 Å². The first-order valence-electron chi connectivity index (χ1n) is 7.26. The number of carbonyl (C=O) groups excluding carboxylic acids is 1. The fourth-order valence-electron chi connectivity index (χ4n) is 2.05. The zero-order valence-electron chi connectivity index (χ0n) is 12.7. The van der Waals surface area contributed by atoms with Gasteiger partial charge in [0, 0.05) is 11.6 Å². The van der Waals surface area contributed by atoms with E-state index in [-0.39, 0.29) is 5.78 Å². The van der Waals surface area contributed by atoms with Gasteiger partial charge in [-0.25, -0.2) is 0 Å². The van der Waals surface area contributed by atoms with Crippen LogP contribution < -0.4 is 0 Å². The number of hydrogen-bond acceptors (Lipinski definition) is 4. The van der Waals surface area contributed by atoms with Crippen LogP contribution >= 0.6 is 11.8 Å². The summed E-state index contributed by atoms with van der Waals surface area (Å²) in [6, 6.07) is 8.21. The standard InChI is InChI=1S/C16H21N3OS/c1-4-5-13-6-8-14(9-7-13)15(20)10-21-16-18-17-11-19(16)12(2)3/h6-9,11-12H,4-5,10H2,1-3H3. The molecule has 0 radical (unpaired) electrons. The van der Waals surface area contributed by atoms with Crippen molar-refractivity contribution in [2.45, 2.75) is 44.8 Å². The predicted octanol–water partition coefficient (Wildman–Crippen LogP) is 3.79. The molecule has 0 saturated carbocycles. The lowest BCUT2D eigenvalue weighted by Gasteiger charge is -2.09. The van der Waals surface area contributed by atoms with E-state index in [1.807, 2.05) is 28.8 Å². The summed E-state index contributed by atoms with van der Waals surface area (Å²) in [6.45, 7) is 6.30. The summed E-state index contributed by atoms with van der Waals surface area (Å²) in [5.41, 5.74) is 2.04.